The Morgan fingerprint density at radius 1 is 1.25 bits per heavy atom. The zero-order valence-electron chi connectivity index (χ0n) is 14.9. The van der Waals surface area contributed by atoms with E-state index in [4.69, 9.17) is 9.47 Å². The Kier molecular flexibility index (Phi) is 5.76. The normalized spacial score (nSPS) is 27.8. The highest BCUT2D eigenvalue weighted by Crippen LogP contribution is 2.23. The Balaban J connectivity index is 1.61. The summed E-state index contributed by atoms with van der Waals surface area (Å²) in [5.74, 6) is 0.834. The maximum absolute atomic E-state index is 11.1. The van der Waals surface area contributed by atoms with E-state index >= 15 is 0 Å². The first-order valence-corrected chi connectivity index (χ1v) is 8.97. The van der Waals surface area contributed by atoms with Crippen molar-refractivity contribution in [3.8, 4) is 5.75 Å². The number of nitrogens with zero attached hydrogens (tertiary/aromatic N) is 2. The standard InChI is InChI=1S/C19H30N2O3/c1-16-5-3-4-6-18(16)24-15-19(22)13-21(11-12-23-14-19)17-7-9-20(2)10-8-17/h3-6,17,22H,7-15H2,1-2H3/t19-/m1/s1. The van der Waals surface area contributed by atoms with Gasteiger partial charge in [-0.2, -0.15) is 0 Å². The molecular formula is C19H30N2O3. The molecular weight excluding hydrogens is 304 g/mol. The van der Waals surface area contributed by atoms with Crippen LogP contribution in [0.25, 0.3) is 0 Å². The molecule has 3 rings (SSSR count). The van der Waals surface area contributed by atoms with Gasteiger partial charge in [-0.1, -0.05) is 18.2 Å². The van der Waals surface area contributed by atoms with Crippen molar-refractivity contribution in [1.82, 2.24) is 9.80 Å². The van der Waals surface area contributed by atoms with Gasteiger partial charge in [0.25, 0.3) is 0 Å². The maximum atomic E-state index is 11.1. The molecule has 5 heteroatoms. The number of rotatable bonds is 4. The van der Waals surface area contributed by atoms with Crippen LogP contribution in [0.2, 0.25) is 0 Å². The number of aliphatic hydroxyl groups is 1. The van der Waals surface area contributed by atoms with Crippen molar-refractivity contribution in [2.45, 2.75) is 31.4 Å². The Labute approximate surface area is 145 Å². The Hall–Kier alpha value is -1.14. The molecule has 2 saturated heterocycles. The molecule has 0 amide bonds. The number of likely N-dealkylation sites (tertiary alicyclic amines) is 1. The van der Waals surface area contributed by atoms with Crippen LogP contribution in [0.3, 0.4) is 0 Å². The van der Waals surface area contributed by atoms with Crippen molar-refractivity contribution in [1.29, 1.82) is 0 Å². The summed E-state index contributed by atoms with van der Waals surface area (Å²) in [6.45, 7) is 7.06. The smallest absolute Gasteiger partial charge is 0.134 e. The molecule has 134 valence electrons. The minimum atomic E-state index is -0.956. The first-order valence-electron chi connectivity index (χ1n) is 8.97. The molecule has 0 aromatic heterocycles. The van der Waals surface area contributed by atoms with E-state index in [1.807, 2.05) is 31.2 Å². The number of aryl methyl sites for hydroxylation is 1. The van der Waals surface area contributed by atoms with Gasteiger partial charge in [-0.15, -0.1) is 0 Å². The number of ether oxygens (including phenoxy) is 2. The first-order chi connectivity index (χ1) is 11.6. The Morgan fingerprint density at radius 2 is 2.00 bits per heavy atom. The summed E-state index contributed by atoms with van der Waals surface area (Å²) >= 11 is 0. The molecule has 2 aliphatic heterocycles. The molecule has 2 aliphatic rings. The highest BCUT2D eigenvalue weighted by Gasteiger charge is 2.36. The molecule has 1 aromatic rings. The van der Waals surface area contributed by atoms with Gasteiger partial charge in [-0.05, 0) is 51.5 Å². The van der Waals surface area contributed by atoms with Gasteiger partial charge in [0.05, 0.1) is 13.2 Å². The van der Waals surface area contributed by atoms with Gasteiger partial charge in [0, 0.05) is 19.1 Å². The van der Waals surface area contributed by atoms with Gasteiger partial charge in [-0.25, -0.2) is 0 Å². The van der Waals surface area contributed by atoms with Crippen LogP contribution in [-0.4, -0.2) is 79.6 Å². The average molecular weight is 334 g/mol. The molecule has 1 N–H and O–H groups in total. The van der Waals surface area contributed by atoms with Crippen LogP contribution < -0.4 is 4.74 Å². The van der Waals surface area contributed by atoms with E-state index < -0.39 is 5.60 Å². The molecule has 0 aliphatic carbocycles. The lowest BCUT2D eigenvalue weighted by Gasteiger charge is -2.39. The van der Waals surface area contributed by atoms with Crippen molar-refractivity contribution in [2.75, 3.05) is 53.0 Å². The summed E-state index contributed by atoms with van der Waals surface area (Å²) in [7, 11) is 2.17. The number of para-hydroxylation sites is 1. The van der Waals surface area contributed by atoms with Gasteiger partial charge in [0.1, 0.15) is 18.0 Å². The van der Waals surface area contributed by atoms with E-state index in [9.17, 15) is 5.11 Å². The summed E-state index contributed by atoms with van der Waals surface area (Å²) in [5, 5.41) is 11.1. The van der Waals surface area contributed by atoms with Crippen molar-refractivity contribution >= 4 is 0 Å². The number of piperidine rings is 1. The maximum Gasteiger partial charge on any atom is 0.134 e. The summed E-state index contributed by atoms with van der Waals surface area (Å²) in [4.78, 5) is 4.78. The third kappa shape index (κ3) is 4.48. The quantitative estimate of drug-likeness (QED) is 0.905. The molecule has 0 radical (unpaired) electrons. The fourth-order valence-electron chi connectivity index (χ4n) is 3.64. The largest absolute Gasteiger partial charge is 0.490 e. The predicted molar refractivity (Wildman–Crippen MR) is 94.5 cm³/mol. The Bertz CT molecular complexity index is 531. The van der Waals surface area contributed by atoms with Crippen molar-refractivity contribution < 1.29 is 14.6 Å². The Morgan fingerprint density at radius 3 is 2.75 bits per heavy atom. The highest BCUT2D eigenvalue weighted by atomic mass is 16.5. The van der Waals surface area contributed by atoms with E-state index in [2.05, 4.69) is 16.8 Å². The van der Waals surface area contributed by atoms with Crippen LogP contribution >= 0.6 is 0 Å². The molecule has 0 unspecified atom stereocenters. The number of β-amino-alcohol motifs (C(OH)–C–C–N with tert-alkyl or cyclic N) is 1. The molecule has 5 nitrogen and oxygen atoms in total. The lowest BCUT2D eigenvalue weighted by molar-refractivity contribution is -0.0688. The lowest BCUT2D eigenvalue weighted by Crippen LogP contribution is -2.53. The summed E-state index contributed by atoms with van der Waals surface area (Å²) in [6.07, 6.45) is 2.32. The number of benzene rings is 1. The molecule has 1 atom stereocenters. The average Bonchev–Trinajstić information content (AvgIpc) is 2.77. The first kappa shape index (κ1) is 17.7. The zero-order valence-corrected chi connectivity index (χ0v) is 14.9. The van der Waals surface area contributed by atoms with Crippen LogP contribution in [0.5, 0.6) is 5.75 Å². The molecule has 1 aromatic carbocycles. The molecule has 2 fully saturated rings. The second-order valence-corrected chi connectivity index (χ2v) is 7.34. The van der Waals surface area contributed by atoms with Crippen LogP contribution in [0.1, 0.15) is 18.4 Å². The van der Waals surface area contributed by atoms with E-state index in [1.165, 1.54) is 0 Å². The van der Waals surface area contributed by atoms with E-state index in [0.717, 1.165) is 43.8 Å². The van der Waals surface area contributed by atoms with Gasteiger partial charge in [0.15, 0.2) is 0 Å². The van der Waals surface area contributed by atoms with Crippen LogP contribution in [0, 0.1) is 6.92 Å². The van der Waals surface area contributed by atoms with Gasteiger partial charge < -0.3 is 19.5 Å². The minimum Gasteiger partial charge on any atom is -0.490 e. The molecule has 24 heavy (non-hydrogen) atoms. The van der Waals surface area contributed by atoms with Gasteiger partial charge >= 0.3 is 0 Å². The van der Waals surface area contributed by atoms with Crippen LogP contribution in [0.15, 0.2) is 24.3 Å². The second kappa shape index (κ2) is 7.83. The zero-order chi connectivity index (χ0) is 17.0. The van der Waals surface area contributed by atoms with Crippen LogP contribution in [0.4, 0.5) is 0 Å². The SMILES string of the molecule is Cc1ccccc1OC[C@]1(O)COCCN(C2CCN(C)CC2)C1. The monoisotopic (exact) mass is 334 g/mol. The van der Waals surface area contributed by atoms with Crippen molar-refractivity contribution in [3.63, 3.8) is 0 Å². The fourth-order valence-corrected chi connectivity index (χ4v) is 3.64. The third-order valence-corrected chi connectivity index (χ3v) is 5.19. The molecule has 0 spiro atoms. The van der Waals surface area contributed by atoms with E-state index in [0.29, 0.717) is 25.8 Å². The van der Waals surface area contributed by atoms with Gasteiger partial charge in [0.2, 0.25) is 0 Å². The fraction of sp³-hybridized carbons (Fsp3) is 0.684. The van der Waals surface area contributed by atoms with Gasteiger partial charge in [-0.3, -0.25) is 4.90 Å². The molecule has 0 bridgehead atoms. The number of hydrogen-bond acceptors (Lipinski definition) is 5. The third-order valence-electron chi connectivity index (χ3n) is 5.19. The summed E-state index contributed by atoms with van der Waals surface area (Å²) < 4.78 is 11.6. The topological polar surface area (TPSA) is 45.2 Å². The summed E-state index contributed by atoms with van der Waals surface area (Å²) in [6, 6.07) is 8.46. The van der Waals surface area contributed by atoms with E-state index in [-0.39, 0.29) is 6.61 Å². The van der Waals surface area contributed by atoms with Crippen LogP contribution in [-0.2, 0) is 4.74 Å². The number of hydrogen-bond donors (Lipinski definition) is 1. The van der Waals surface area contributed by atoms with E-state index in [1.54, 1.807) is 0 Å². The lowest BCUT2D eigenvalue weighted by atomic mass is 10.00. The predicted octanol–water partition coefficient (Wildman–Crippen LogP) is 1.53. The molecule has 0 saturated carbocycles. The summed E-state index contributed by atoms with van der Waals surface area (Å²) in [5.41, 5.74) is 0.130. The van der Waals surface area contributed by atoms with Crippen molar-refractivity contribution in [2.24, 2.45) is 0 Å². The minimum absolute atomic E-state index is 0.265. The van der Waals surface area contributed by atoms with Crippen molar-refractivity contribution in [3.05, 3.63) is 29.8 Å². The second-order valence-electron chi connectivity index (χ2n) is 7.34. The highest BCUT2D eigenvalue weighted by molar-refractivity contribution is 5.31. The molecule has 2 heterocycles.